The number of benzene rings is 1. The minimum Gasteiger partial charge on any atom is -0.497 e. The van der Waals surface area contributed by atoms with E-state index in [9.17, 15) is 4.79 Å². The topological polar surface area (TPSA) is 78.4 Å². The molecule has 0 spiro atoms. The van der Waals surface area contributed by atoms with Gasteiger partial charge < -0.3 is 25.0 Å². The smallest absolute Gasteiger partial charge is 0.243 e. The van der Waals surface area contributed by atoms with Crippen molar-refractivity contribution in [1.29, 1.82) is 0 Å². The van der Waals surface area contributed by atoms with E-state index in [2.05, 4.69) is 38.9 Å². The molecule has 176 valence electrons. The number of hydrogen-bond acceptors (Lipinski definition) is 6. The molecule has 2 N–H and O–H groups in total. The van der Waals surface area contributed by atoms with E-state index in [1.165, 1.54) is 5.56 Å². The Kier molecular flexibility index (Phi) is 13.9. The molecule has 1 aliphatic heterocycles. The number of morpholine rings is 1. The number of carbonyl (C=O) groups is 1. The molecule has 8 nitrogen and oxygen atoms in total. The molecule has 0 aliphatic carbocycles. The monoisotopic (exact) mass is 565 g/mol. The lowest BCUT2D eigenvalue weighted by atomic mass is 10.0. The molecule has 0 bridgehead atoms. The van der Waals surface area contributed by atoms with E-state index in [1.54, 1.807) is 37.9 Å². The van der Waals surface area contributed by atoms with Crippen LogP contribution >= 0.6 is 35.7 Å². The average Bonchev–Trinajstić information content (AvgIpc) is 2.78. The lowest BCUT2D eigenvalue weighted by molar-refractivity contribution is -0.127. The fourth-order valence-corrected chi connectivity index (χ4v) is 3.41. The van der Waals surface area contributed by atoms with Crippen molar-refractivity contribution in [1.82, 2.24) is 20.4 Å². The zero-order valence-electron chi connectivity index (χ0n) is 18.9. The van der Waals surface area contributed by atoms with Gasteiger partial charge in [-0.15, -0.1) is 24.0 Å². The number of ether oxygens (including phenoxy) is 2. The number of nitrogens with zero attached hydrogens (tertiary/aromatic N) is 3. The first kappa shape index (κ1) is 27.8. The fourth-order valence-electron chi connectivity index (χ4n) is 3.10. The molecule has 1 saturated heterocycles. The molecule has 31 heavy (non-hydrogen) atoms. The normalized spacial score (nSPS) is 15.5. The zero-order chi connectivity index (χ0) is 21.8. The number of halogens is 1. The molecule has 1 aliphatic rings. The minimum atomic E-state index is -0.0270. The average molecular weight is 566 g/mol. The van der Waals surface area contributed by atoms with E-state index in [4.69, 9.17) is 9.47 Å². The Hall–Kier alpha value is -1.24. The predicted molar refractivity (Wildman–Crippen MR) is 139 cm³/mol. The first-order chi connectivity index (χ1) is 14.5. The summed E-state index contributed by atoms with van der Waals surface area (Å²) in [4.78, 5) is 20.4. The maximum absolute atomic E-state index is 12.0. The molecule has 2 rings (SSSR count). The van der Waals surface area contributed by atoms with Gasteiger partial charge in [-0.05, 0) is 24.0 Å². The van der Waals surface area contributed by atoms with Gasteiger partial charge in [0.05, 0.1) is 26.4 Å². The van der Waals surface area contributed by atoms with Gasteiger partial charge in [0.15, 0.2) is 5.96 Å². The van der Waals surface area contributed by atoms with Crippen LogP contribution in [0.15, 0.2) is 29.3 Å². The molecule has 1 unspecified atom stereocenters. The maximum atomic E-state index is 12.0. The molecular weight excluding hydrogens is 529 g/mol. The van der Waals surface area contributed by atoms with E-state index >= 15 is 0 Å². The van der Waals surface area contributed by atoms with E-state index in [-0.39, 0.29) is 42.5 Å². The first-order valence-corrected chi connectivity index (χ1v) is 11.6. The summed E-state index contributed by atoms with van der Waals surface area (Å²) in [6.07, 6.45) is 2.07. The van der Waals surface area contributed by atoms with Gasteiger partial charge in [-0.3, -0.25) is 9.69 Å². The highest BCUT2D eigenvalue weighted by Gasteiger charge is 2.23. The summed E-state index contributed by atoms with van der Waals surface area (Å²) in [6.45, 7) is 4.80. The molecule has 0 aromatic heterocycles. The van der Waals surface area contributed by atoms with Crippen LogP contribution in [0.5, 0.6) is 5.75 Å². The van der Waals surface area contributed by atoms with Crippen molar-refractivity contribution >= 4 is 47.6 Å². The first-order valence-electron chi connectivity index (χ1n) is 10.2. The van der Waals surface area contributed by atoms with Crippen molar-refractivity contribution in [2.24, 2.45) is 4.99 Å². The third-order valence-electron chi connectivity index (χ3n) is 4.92. The Morgan fingerprint density at radius 3 is 2.52 bits per heavy atom. The van der Waals surface area contributed by atoms with Crippen LogP contribution in [-0.2, 0) is 9.53 Å². The van der Waals surface area contributed by atoms with Gasteiger partial charge in [-0.2, -0.15) is 11.8 Å². The van der Waals surface area contributed by atoms with Gasteiger partial charge in [-0.25, -0.2) is 4.99 Å². The highest BCUT2D eigenvalue weighted by atomic mass is 127. The lowest BCUT2D eigenvalue weighted by Gasteiger charge is -2.35. The second kappa shape index (κ2) is 15.5. The number of guanidine groups is 1. The van der Waals surface area contributed by atoms with Crippen LogP contribution in [0.25, 0.3) is 0 Å². The molecule has 1 atom stereocenters. The second-order valence-electron chi connectivity index (χ2n) is 7.19. The number of carbonyl (C=O) groups excluding carboxylic acids is 1. The molecule has 0 saturated carbocycles. The van der Waals surface area contributed by atoms with Gasteiger partial charge in [-0.1, -0.05) is 12.1 Å². The largest absolute Gasteiger partial charge is 0.497 e. The molecular formula is C21H36IN5O3S. The third-order valence-corrected chi connectivity index (χ3v) is 5.53. The standard InChI is InChI=1S/C21H35N5O3S.HI/c1-25(2)20(27)16-24-21(22-9-14-30-4)23-15-19(26-10-12-29-13-11-26)17-5-7-18(28-3)8-6-17;/h5-8,19H,9-16H2,1-4H3,(H2,22,23,24);1H. The van der Waals surface area contributed by atoms with Crippen molar-refractivity contribution in [2.75, 3.05) is 79.2 Å². The second-order valence-corrected chi connectivity index (χ2v) is 8.18. The number of amides is 1. The summed E-state index contributed by atoms with van der Waals surface area (Å²) < 4.78 is 10.8. The molecule has 1 heterocycles. The molecule has 1 fully saturated rings. The van der Waals surface area contributed by atoms with Crippen LogP contribution in [0.3, 0.4) is 0 Å². The van der Waals surface area contributed by atoms with Crippen molar-refractivity contribution in [3.8, 4) is 5.75 Å². The van der Waals surface area contributed by atoms with Crippen molar-refractivity contribution in [3.63, 3.8) is 0 Å². The zero-order valence-corrected chi connectivity index (χ0v) is 22.1. The Labute approximate surface area is 207 Å². The highest BCUT2D eigenvalue weighted by molar-refractivity contribution is 14.0. The number of likely N-dealkylation sites (N-methyl/N-ethyl adjacent to an activating group) is 1. The van der Waals surface area contributed by atoms with Crippen LogP contribution in [0.4, 0.5) is 0 Å². The summed E-state index contributed by atoms with van der Waals surface area (Å²) in [7, 11) is 5.16. The van der Waals surface area contributed by atoms with Crippen molar-refractivity contribution in [3.05, 3.63) is 29.8 Å². The quantitative estimate of drug-likeness (QED) is 0.194. The number of aliphatic imine (C=N–C) groups is 1. The van der Waals surface area contributed by atoms with Crippen LogP contribution in [-0.4, -0.2) is 101 Å². The summed E-state index contributed by atoms with van der Waals surface area (Å²) in [5.74, 6) is 2.44. The van der Waals surface area contributed by atoms with E-state index in [1.807, 2.05) is 12.1 Å². The summed E-state index contributed by atoms with van der Waals surface area (Å²) in [6, 6.07) is 8.36. The number of thioether (sulfide) groups is 1. The van der Waals surface area contributed by atoms with Gasteiger partial charge in [0, 0.05) is 46.0 Å². The number of nitrogens with one attached hydrogen (secondary N) is 2. The number of hydrogen-bond donors (Lipinski definition) is 2. The van der Waals surface area contributed by atoms with Crippen LogP contribution in [0.2, 0.25) is 0 Å². The van der Waals surface area contributed by atoms with Crippen molar-refractivity contribution in [2.45, 2.75) is 6.04 Å². The van der Waals surface area contributed by atoms with Crippen molar-refractivity contribution < 1.29 is 14.3 Å². The lowest BCUT2D eigenvalue weighted by Crippen LogP contribution is -2.47. The molecule has 1 aromatic carbocycles. The van der Waals surface area contributed by atoms with Gasteiger partial charge in [0.1, 0.15) is 12.3 Å². The van der Waals surface area contributed by atoms with Crippen LogP contribution < -0.4 is 15.4 Å². The molecule has 1 amide bonds. The van der Waals surface area contributed by atoms with Crippen LogP contribution in [0, 0.1) is 0 Å². The predicted octanol–water partition coefficient (Wildman–Crippen LogP) is 1.67. The van der Waals surface area contributed by atoms with E-state index < -0.39 is 0 Å². The molecule has 0 radical (unpaired) electrons. The SMILES string of the molecule is COc1ccc(C(CNC(=NCC(=O)N(C)C)NCCSC)N2CCOCC2)cc1.I. The third kappa shape index (κ3) is 9.84. The molecule has 10 heteroatoms. The summed E-state index contributed by atoms with van der Waals surface area (Å²) in [5.41, 5.74) is 1.21. The van der Waals surface area contributed by atoms with Gasteiger partial charge >= 0.3 is 0 Å². The Morgan fingerprint density at radius 1 is 1.26 bits per heavy atom. The minimum absolute atomic E-state index is 0. The van der Waals surface area contributed by atoms with E-state index in [0.717, 1.165) is 44.4 Å². The summed E-state index contributed by atoms with van der Waals surface area (Å²) >= 11 is 1.77. The molecule has 1 aromatic rings. The fraction of sp³-hybridized carbons (Fsp3) is 0.619. The number of rotatable bonds is 10. The van der Waals surface area contributed by atoms with Crippen LogP contribution in [0.1, 0.15) is 11.6 Å². The Balaban J connectivity index is 0.00000480. The summed E-state index contributed by atoms with van der Waals surface area (Å²) in [5, 5.41) is 6.77. The van der Waals surface area contributed by atoms with E-state index in [0.29, 0.717) is 12.5 Å². The Morgan fingerprint density at radius 2 is 1.94 bits per heavy atom. The maximum Gasteiger partial charge on any atom is 0.243 e. The van der Waals surface area contributed by atoms with Gasteiger partial charge in [0.25, 0.3) is 0 Å². The Bertz CT molecular complexity index is 669. The highest BCUT2D eigenvalue weighted by Crippen LogP contribution is 2.23. The number of methoxy groups -OCH3 is 1. The van der Waals surface area contributed by atoms with Gasteiger partial charge in [0.2, 0.25) is 5.91 Å².